The topological polar surface area (TPSA) is 52.6 Å². The monoisotopic (exact) mass is 392 g/mol. The average molecular weight is 392 g/mol. The summed E-state index contributed by atoms with van der Waals surface area (Å²) in [5.74, 6) is -0.280. The van der Waals surface area contributed by atoms with Gasteiger partial charge >= 0.3 is 6.18 Å². The van der Waals surface area contributed by atoms with E-state index in [1.54, 1.807) is 12.1 Å². The van der Waals surface area contributed by atoms with Crippen molar-refractivity contribution in [1.82, 2.24) is 10.2 Å². The highest BCUT2D eigenvalue weighted by molar-refractivity contribution is 5.91. The standard InChI is InChI=1S/C21H23F3N2O2/c1-26(2)17(13-15-7-10-18(27)11-8-15)14-25-20(28)12-9-16-5-3-4-6-19(16)21(22,23)24/h3-12,17,27H,13-14H2,1-2H3,(H,25,28)/b12-9+/t17-/m0/s1. The lowest BCUT2D eigenvalue weighted by Crippen LogP contribution is -2.41. The fourth-order valence-electron chi connectivity index (χ4n) is 2.68. The third-order valence-corrected chi connectivity index (χ3v) is 4.33. The van der Waals surface area contributed by atoms with Crippen LogP contribution in [0.4, 0.5) is 13.2 Å². The molecule has 0 fully saturated rings. The second-order valence-corrected chi connectivity index (χ2v) is 6.65. The van der Waals surface area contributed by atoms with Crippen molar-refractivity contribution in [2.75, 3.05) is 20.6 Å². The number of alkyl halides is 3. The van der Waals surface area contributed by atoms with Crippen molar-refractivity contribution in [2.24, 2.45) is 0 Å². The summed E-state index contributed by atoms with van der Waals surface area (Å²) in [5, 5.41) is 12.1. The maximum atomic E-state index is 13.0. The van der Waals surface area contributed by atoms with E-state index in [1.807, 2.05) is 31.1 Å². The Morgan fingerprint density at radius 1 is 1.14 bits per heavy atom. The number of nitrogens with zero attached hydrogens (tertiary/aromatic N) is 1. The van der Waals surface area contributed by atoms with Gasteiger partial charge in [0.25, 0.3) is 0 Å². The Balaban J connectivity index is 1.98. The highest BCUT2D eigenvalue weighted by Gasteiger charge is 2.32. The number of hydrogen-bond donors (Lipinski definition) is 2. The van der Waals surface area contributed by atoms with Gasteiger partial charge in [-0.15, -0.1) is 0 Å². The van der Waals surface area contributed by atoms with Gasteiger partial charge in [0.1, 0.15) is 5.75 Å². The van der Waals surface area contributed by atoms with Gasteiger partial charge in [0.15, 0.2) is 0 Å². The van der Waals surface area contributed by atoms with E-state index in [0.717, 1.165) is 17.7 Å². The maximum absolute atomic E-state index is 13.0. The zero-order valence-corrected chi connectivity index (χ0v) is 15.7. The predicted molar refractivity (Wildman–Crippen MR) is 103 cm³/mol. The molecule has 0 aliphatic rings. The van der Waals surface area contributed by atoms with Gasteiger partial charge in [-0.05, 0) is 55.9 Å². The summed E-state index contributed by atoms with van der Waals surface area (Å²) in [6, 6.07) is 11.9. The van der Waals surface area contributed by atoms with Crippen LogP contribution in [0.1, 0.15) is 16.7 Å². The van der Waals surface area contributed by atoms with Gasteiger partial charge in [-0.3, -0.25) is 4.79 Å². The van der Waals surface area contributed by atoms with Gasteiger partial charge in [0.2, 0.25) is 5.91 Å². The van der Waals surface area contributed by atoms with Crippen LogP contribution in [-0.4, -0.2) is 42.6 Å². The second-order valence-electron chi connectivity index (χ2n) is 6.65. The Kier molecular flexibility index (Phi) is 7.23. The van der Waals surface area contributed by atoms with Crippen LogP contribution in [0.2, 0.25) is 0 Å². The molecule has 2 aromatic rings. The third-order valence-electron chi connectivity index (χ3n) is 4.33. The van der Waals surface area contributed by atoms with Crippen LogP contribution in [0, 0.1) is 0 Å². The van der Waals surface area contributed by atoms with Crippen molar-refractivity contribution in [3.63, 3.8) is 0 Å². The molecule has 28 heavy (non-hydrogen) atoms. The molecule has 0 bridgehead atoms. The van der Waals surface area contributed by atoms with Crippen molar-refractivity contribution in [1.29, 1.82) is 0 Å². The largest absolute Gasteiger partial charge is 0.508 e. The number of aromatic hydroxyl groups is 1. The summed E-state index contributed by atoms with van der Waals surface area (Å²) in [6.07, 6.45) is -1.55. The summed E-state index contributed by atoms with van der Waals surface area (Å²) < 4.78 is 39.0. The molecule has 1 amide bonds. The van der Waals surface area contributed by atoms with Crippen LogP contribution >= 0.6 is 0 Å². The van der Waals surface area contributed by atoms with E-state index in [9.17, 15) is 23.1 Å². The normalized spacial score (nSPS) is 13.1. The van der Waals surface area contributed by atoms with Gasteiger partial charge in [-0.2, -0.15) is 13.2 Å². The zero-order valence-electron chi connectivity index (χ0n) is 15.7. The quantitative estimate of drug-likeness (QED) is 0.707. The molecule has 2 rings (SSSR count). The van der Waals surface area contributed by atoms with Crippen molar-refractivity contribution in [2.45, 2.75) is 18.6 Å². The van der Waals surface area contributed by atoms with Crippen molar-refractivity contribution in [3.05, 3.63) is 71.3 Å². The Morgan fingerprint density at radius 2 is 1.79 bits per heavy atom. The fraction of sp³-hybridized carbons (Fsp3) is 0.286. The molecule has 1 atom stereocenters. The molecular formula is C21H23F3N2O2. The maximum Gasteiger partial charge on any atom is 0.416 e. The minimum Gasteiger partial charge on any atom is -0.508 e. The summed E-state index contributed by atoms with van der Waals surface area (Å²) in [5.41, 5.74) is 0.163. The number of likely N-dealkylation sites (N-methyl/N-ethyl adjacent to an activating group) is 1. The zero-order chi connectivity index (χ0) is 20.7. The van der Waals surface area contributed by atoms with Crippen LogP contribution in [0.25, 0.3) is 6.08 Å². The highest BCUT2D eigenvalue weighted by atomic mass is 19.4. The lowest BCUT2D eigenvalue weighted by molar-refractivity contribution is -0.137. The first-order chi connectivity index (χ1) is 13.2. The number of carbonyl (C=O) groups is 1. The molecule has 150 valence electrons. The minimum absolute atomic E-state index is 0.00986. The molecule has 0 aliphatic carbocycles. The van der Waals surface area contributed by atoms with E-state index in [1.165, 1.54) is 24.3 Å². The van der Waals surface area contributed by atoms with Crippen LogP contribution in [-0.2, 0) is 17.4 Å². The van der Waals surface area contributed by atoms with Crippen LogP contribution < -0.4 is 5.32 Å². The van der Waals surface area contributed by atoms with Crippen LogP contribution in [0.15, 0.2) is 54.6 Å². The van der Waals surface area contributed by atoms with Crippen LogP contribution in [0.5, 0.6) is 5.75 Å². The van der Waals surface area contributed by atoms with Crippen molar-refractivity contribution in [3.8, 4) is 5.75 Å². The summed E-state index contributed by atoms with van der Waals surface area (Å²) in [4.78, 5) is 14.0. The predicted octanol–water partition coefficient (Wildman–Crippen LogP) is 3.71. The van der Waals surface area contributed by atoms with Gasteiger partial charge in [-0.25, -0.2) is 0 Å². The number of amides is 1. The number of halogens is 3. The first kappa shape index (κ1) is 21.5. The molecule has 2 aromatic carbocycles. The molecule has 0 aliphatic heterocycles. The number of rotatable bonds is 7. The number of benzene rings is 2. The van der Waals surface area contributed by atoms with Gasteiger partial charge in [0, 0.05) is 18.7 Å². The SMILES string of the molecule is CN(C)[C@H](CNC(=O)/C=C/c1ccccc1C(F)(F)F)Cc1ccc(O)cc1. The number of phenols is 1. The first-order valence-corrected chi connectivity index (χ1v) is 8.73. The van der Waals surface area contributed by atoms with Crippen LogP contribution in [0.3, 0.4) is 0 Å². The van der Waals surface area contributed by atoms with Crippen molar-refractivity contribution >= 4 is 12.0 Å². The van der Waals surface area contributed by atoms with Crippen molar-refractivity contribution < 1.29 is 23.1 Å². The Bertz CT molecular complexity index is 815. The minimum atomic E-state index is -4.47. The lowest BCUT2D eigenvalue weighted by atomic mass is 10.0. The fourth-order valence-corrected chi connectivity index (χ4v) is 2.68. The molecule has 7 heteroatoms. The van der Waals surface area contributed by atoms with Gasteiger partial charge in [0.05, 0.1) is 5.56 Å². The second kappa shape index (κ2) is 9.41. The highest BCUT2D eigenvalue weighted by Crippen LogP contribution is 2.32. The molecule has 0 saturated carbocycles. The summed E-state index contributed by atoms with van der Waals surface area (Å²) >= 11 is 0. The first-order valence-electron chi connectivity index (χ1n) is 8.73. The van der Waals surface area contributed by atoms with Gasteiger partial charge in [-0.1, -0.05) is 30.3 Å². The molecular weight excluding hydrogens is 369 g/mol. The molecule has 0 unspecified atom stereocenters. The number of nitrogens with one attached hydrogen (secondary N) is 1. The molecule has 0 saturated heterocycles. The lowest BCUT2D eigenvalue weighted by Gasteiger charge is -2.24. The molecule has 4 nitrogen and oxygen atoms in total. The number of carbonyl (C=O) groups excluding carboxylic acids is 1. The molecule has 0 aromatic heterocycles. The Morgan fingerprint density at radius 3 is 2.39 bits per heavy atom. The third kappa shape index (κ3) is 6.42. The molecule has 0 heterocycles. The number of hydrogen-bond acceptors (Lipinski definition) is 3. The van der Waals surface area contributed by atoms with E-state index in [4.69, 9.17) is 0 Å². The van der Waals surface area contributed by atoms with Gasteiger partial charge < -0.3 is 15.3 Å². The molecule has 2 N–H and O–H groups in total. The van der Waals surface area contributed by atoms with E-state index >= 15 is 0 Å². The Hall–Kier alpha value is -2.80. The molecule has 0 spiro atoms. The molecule has 0 radical (unpaired) electrons. The summed E-state index contributed by atoms with van der Waals surface area (Å²) in [7, 11) is 3.76. The van der Waals surface area contributed by atoms with E-state index < -0.39 is 17.6 Å². The van der Waals surface area contributed by atoms with E-state index in [2.05, 4.69) is 5.32 Å². The summed E-state index contributed by atoms with van der Waals surface area (Å²) in [6.45, 7) is 0.331. The Labute approximate surface area is 162 Å². The van der Waals surface area contributed by atoms with E-state index in [-0.39, 0.29) is 17.4 Å². The van der Waals surface area contributed by atoms with E-state index in [0.29, 0.717) is 13.0 Å². The smallest absolute Gasteiger partial charge is 0.416 e. The average Bonchev–Trinajstić information content (AvgIpc) is 2.64. The number of phenolic OH excluding ortho intramolecular Hbond substituents is 1.